The predicted molar refractivity (Wildman–Crippen MR) is 95.4 cm³/mol. The zero-order valence-electron chi connectivity index (χ0n) is 14.5. The maximum atomic E-state index is 13.4. The molecule has 0 unspecified atom stereocenters. The molecule has 0 N–H and O–H groups in total. The lowest BCUT2D eigenvalue weighted by Crippen LogP contribution is -2.26. The molecule has 142 valence electrons. The Morgan fingerprint density at radius 2 is 1.96 bits per heavy atom. The van der Waals surface area contributed by atoms with Crippen LogP contribution in [0, 0.1) is 5.82 Å². The molecular formula is C20H14F3N3O2. The minimum atomic E-state index is -2.92. The number of alkyl halides is 2. The summed E-state index contributed by atoms with van der Waals surface area (Å²) < 4.78 is 42.7. The van der Waals surface area contributed by atoms with Crippen molar-refractivity contribution in [2.75, 3.05) is 4.90 Å². The fraction of sp³-hybridized carbons (Fsp3) is 0.150. The fourth-order valence-corrected chi connectivity index (χ4v) is 3.13. The van der Waals surface area contributed by atoms with Gasteiger partial charge in [-0.3, -0.25) is 14.8 Å². The maximum Gasteiger partial charge on any atom is 0.387 e. The summed E-state index contributed by atoms with van der Waals surface area (Å²) in [4.78, 5) is 22.1. The van der Waals surface area contributed by atoms with Gasteiger partial charge in [0.05, 0.1) is 30.5 Å². The summed E-state index contributed by atoms with van der Waals surface area (Å²) in [5.74, 6) is -0.599. The van der Waals surface area contributed by atoms with E-state index in [2.05, 4.69) is 14.7 Å². The Hall–Kier alpha value is -3.42. The Morgan fingerprint density at radius 3 is 2.75 bits per heavy atom. The van der Waals surface area contributed by atoms with Crippen molar-refractivity contribution in [3.05, 3.63) is 72.1 Å². The minimum absolute atomic E-state index is 0.0340. The van der Waals surface area contributed by atoms with Gasteiger partial charge in [-0.05, 0) is 35.4 Å². The Bertz CT molecular complexity index is 1040. The van der Waals surface area contributed by atoms with Gasteiger partial charge < -0.3 is 9.64 Å². The molecule has 0 atom stereocenters. The van der Waals surface area contributed by atoms with Crippen LogP contribution < -0.4 is 9.64 Å². The summed E-state index contributed by atoms with van der Waals surface area (Å²) in [7, 11) is 0. The number of halogens is 3. The molecule has 1 amide bonds. The first-order valence-electron chi connectivity index (χ1n) is 8.43. The molecule has 1 aliphatic heterocycles. The quantitative estimate of drug-likeness (QED) is 0.667. The Balaban J connectivity index is 1.66. The number of pyridine rings is 2. The van der Waals surface area contributed by atoms with Crippen LogP contribution in [0.5, 0.6) is 5.75 Å². The summed E-state index contributed by atoms with van der Waals surface area (Å²) in [5, 5.41) is 0. The van der Waals surface area contributed by atoms with Crippen molar-refractivity contribution in [3.8, 4) is 16.9 Å². The average Bonchev–Trinajstić information content (AvgIpc) is 2.96. The van der Waals surface area contributed by atoms with Crippen LogP contribution in [0.3, 0.4) is 0 Å². The molecule has 4 rings (SSSR count). The van der Waals surface area contributed by atoms with Crippen LogP contribution in [-0.4, -0.2) is 22.5 Å². The molecule has 0 spiro atoms. The molecule has 0 saturated heterocycles. The summed E-state index contributed by atoms with van der Waals surface area (Å²) in [6.07, 6.45) is 4.32. The van der Waals surface area contributed by atoms with E-state index in [1.807, 2.05) is 0 Å². The molecule has 1 aliphatic rings. The Morgan fingerprint density at radius 1 is 1.11 bits per heavy atom. The lowest BCUT2D eigenvalue weighted by molar-refractivity contribution is -0.117. The minimum Gasteiger partial charge on any atom is -0.435 e. The number of hydrogen-bond donors (Lipinski definition) is 0. The highest BCUT2D eigenvalue weighted by Gasteiger charge is 2.29. The van der Waals surface area contributed by atoms with Crippen LogP contribution in [0.15, 0.2) is 55.0 Å². The van der Waals surface area contributed by atoms with Gasteiger partial charge in [0, 0.05) is 18.0 Å². The molecule has 0 bridgehead atoms. The second kappa shape index (κ2) is 7.30. The summed E-state index contributed by atoms with van der Waals surface area (Å²) in [6.45, 7) is -2.75. The number of amides is 1. The van der Waals surface area contributed by atoms with E-state index in [0.717, 1.165) is 6.20 Å². The summed E-state index contributed by atoms with van der Waals surface area (Å²) in [5.41, 5.74) is 3.04. The van der Waals surface area contributed by atoms with Gasteiger partial charge in [0.2, 0.25) is 5.91 Å². The fourth-order valence-electron chi connectivity index (χ4n) is 3.13. The molecule has 0 fully saturated rings. The van der Waals surface area contributed by atoms with Gasteiger partial charge in [-0.25, -0.2) is 4.39 Å². The van der Waals surface area contributed by atoms with Crippen LogP contribution in [0.4, 0.5) is 18.9 Å². The molecule has 3 heterocycles. The van der Waals surface area contributed by atoms with Crippen LogP contribution in [0.1, 0.15) is 11.3 Å². The summed E-state index contributed by atoms with van der Waals surface area (Å²) in [6, 6.07) is 9.33. The highest BCUT2D eigenvalue weighted by Crippen LogP contribution is 2.33. The van der Waals surface area contributed by atoms with Gasteiger partial charge in [0.1, 0.15) is 11.6 Å². The standard InChI is InChI=1S/C20H14F3N3O2/c21-15-4-12(8-24-10-15)11-26-18-6-14(9-25-17(18)7-19(26)27)13-2-1-3-16(5-13)28-20(22)23/h1-6,8-10,20H,7,11H2. The molecule has 0 saturated carbocycles. The summed E-state index contributed by atoms with van der Waals surface area (Å²) >= 11 is 0. The molecule has 0 radical (unpaired) electrons. The second-order valence-corrected chi connectivity index (χ2v) is 6.26. The number of carbonyl (C=O) groups excluding carboxylic acids is 1. The number of nitrogens with zero attached hydrogens (tertiary/aromatic N) is 3. The number of aromatic nitrogens is 2. The molecule has 28 heavy (non-hydrogen) atoms. The largest absolute Gasteiger partial charge is 0.435 e. The number of hydrogen-bond acceptors (Lipinski definition) is 4. The van der Waals surface area contributed by atoms with Crippen LogP contribution in [0.2, 0.25) is 0 Å². The monoisotopic (exact) mass is 385 g/mol. The topological polar surface area (TPSA) is 55.3 Å². The lowest BCUT2D eigenvalue weighted by Gasteiger charge is -2.18. The number of ether oxygens (including phenoxy) is 1. The van der Waals surface area contributed by atoms with E-state index < -0.39 is 12.4 Å². The van der Waals surface area contributed by atoms with E-state index in [0.29, 0.717) is 28.1 Å². The van der Waals surface area contributed by atoms with E-state index in [1.54, 1.807) is 24.4 Å². The maximum absolute atomic E-state index is 13.4. The third-order valence-electron chi connectivity index (χ3n) is 4.35. The van der Waals surface area contributed by atoms with Crippen molar-refractivity contribution in [1.29, 1.82) is 0 Å². The molecule has 3 aromatic rings. The van der Waals surface area contributed by atoms with Crippen molar-refractivity contribution in [2.24, 2.45) is 0 Å². The van der Waals surface area contributed by atoms with Gasteiger partial charge in [-0.2, -0.15) is 8.78 Å². The van der Waals surface area contributed by atoms with Crippen molar-refractivity contribution < 1.29 is 22.7 Å². The highest BCUT2D eigenvalue weighted by atomic mass is 19.3. The van der Waals surface area contributed by atoms with E-state index >= 15 is 0 Å². The van der Waals surface area contributed by atoms with E-state index in [4.69, 9.17) is 0 Å². The molecule has 1 aromatic carbocycles. The number of anilines is 1. The number of carbonyl (C=O) groups is 1. The predicted octanol–water partition coefficient (Wildman–Crippen LogP) is 3.97. The number of rotatable bonds is 5. The lowest BCUT2D eigenvalue weighted by atomic mass is 10.1. The zero-order valence-corrected chi connectivity index (χ0v) is 14.5. The second-order valence-electron chi connectivity index (χ2n) is 6.26. The van der Waals surface area contributed by atoms with Gasteiger partial charge in [0.15, 0.2) is 0 Å². The Labute approximate surface area is 158 Å². The molecule has 0 aliphatic carbocycles. The third kappa shape index (κ3) is 3.66. The van der Waals surface area contributed by atoms with E-state index in [9.17, 15) is 18.0 Å². The van der Waals surface area contributed by atoms with Crippen LogP contribution in [0.25, 0.3) is 11.1 Å². The SMILES string of the molecule is O=C1Cc2ncc(-c3cccc(OC(F)F)c3)cc2N1Cc1cncc(F)c1. The Kier molecular flexibility index (Phi) is 4.68. The van der Waals surface area contributed by atoms with Crippen molar-refractivity contribution in [2.45, 2.75) is 19.6 Å². The molecular weight excluding hydrogens is 371 g/mol. The first kappa shape index (κ1) is 18.0. The first-order chi connectivity index (χ1) is 13.5. The molecule has 8 heteroatoms. The van der Waals surface area contributed by atoms with Gasteiger partial charge >= 0.3 is 6.61 Å². The molecule has 5 nitrogen and oxygen atoms in total. The van der Waals surface area contributed by atoms with Crippen molar-refractivity contribution in [3.63, 3.8) is 0 Å². The van der Waals surface area contributed by atoms with E-state index in [-0.39, 0.29) is 24.6 Å². The van der Waals surface area contributed by atoms with Gasteiger partial charge in [-0.15, -0.1) is 0 Å². The van der Waals surface area contributed by atoms with Crippen molar-refractivity contribution >= 4 is 11.6 Å². The number of fused-ring (bicyclic) bond motifs is 1. The van der Waals surface area contributed by atoms with Gasteiger partial charge in [0.25, 0.3) is 0 Å². The smallest absolute Gasteiger partial charge is 0.387 e. The van der Waals surface area contributed by atoms with E-state index in [1.165, 1.54) is 29.3 Å². The number of benzene rings is 1. The van der Waals surface area contributed by atoms with Crippen molar-refractivity contribution in [1.82, 2.24) is 9.97 Å². The highest BCUT2D eigenvalue weighted by molar-refractivity contribution is 6.01. The molecule has 2 aromatic heterocycles. The van der Waals surface area contributed by atoms with Gasteiger partial charge in [-0.1, -0.05) is 12.1 Å². The zero-order chi connectivity index (χ0) is 19.7. The third-order valence-corrected chi connectivity index (χ3v) is 4.35. The van der Waals surface area contributed by atoms with Crippen LogP contribution >= 0.6 is 0 Å². The first-order valence-corrected chi connectivity index (χ1v) is 8.43. The van der Waals surface area contributed by atoms with Crippen LogP contribution in [-0.2, 0) is 17.8 Å². The normalized spacial score (nSPS) is 13.1. The average molecular weight is 385 g/mol.